The van der Waals surface area contributed by atoms with Gasteiger partial charge in [0.05, 0.1) is 46.9 Å². The smallest absolute Gasteiger partial charge is 0.221 e. The van der Waals surface area contributed by atoms with Crippen molar-refractivity contribution in [3.63, 3.8) is 0 Å². The Balaban J connectivity index is 0.000000165. The van der Waals surface area contributed by atoms with Crippen molar-refractivity contribution in [2.24, 2.45) is 0 Å². The number of imidazole rings is 2. The van der Waals surface area contributed by atoms with Crippen LogP contribution in [0.1, 0.15) is 44.0 Å². The third-order valence-electron chi connectivity index (χ3n) is 8.50. The monoisotopic (exact) mass is 702 g/mol. The lowest BCUT2D eigenvalue weighted by Crippen LogP contribution is -2.09. The molecule has 2 atom stereocenters. The number of hydrogen-bond acceptors (Lipinski definition) is 10. The maximum Gasteiger partial charge on any atom is 0.221 e. The zero-order valence-electron chi connectivity index (χ0n) is 29.4. The van der Waals surface area contributed by atoms with Crippen LogP contribution in [0.25, 0.3) is 33.7 Å². The minimum atomic E-state index is -0.115. The maximum absolute atomic E-state index is 11.2. The molecule has 0 saturated heterocycles. The van der Waals surface area contributed by atoms with E-state index in [4.69, 9.17) is 5.73 Å². The zero-order valence-corrected chi connectivity index (χ0v) is 29.4. The van der Waals surface area contributed by atoms with E-state index in [1.807, 2.05) is 81.9 Å². The fourth-order valence-corrected chi connectivity index (χ4v) is 5.86. The Morgan fingerprint density at radius 2 is 1.13 bits per heavy atom. The number of hydrogen-bond donors (Lipinski definition) is 4. The maximum atomic E-state index is 11.2. The van der Waals surface area contributed by atoms with Crippen molar-refractivity contribution in [1.82, 2.24) is 39.0 Å². The summed E-state index contributed by atoms with van der Waals surface area (Å²) >= 11 is 0. The first kappa shape index (κ1) is 34.3. The molecule has 4 aromatic heterocycles. The van der Waals surface area contributed by atoms with Crippen molar-refractivity contribution < 1.29 is 4.79 Å². The van der Waals surface area contributed by atoms with Gasteiger partial charge in [0.25, 0.3) is 0 Å². The van der Waals surface area contributed by atoms with Crippen LogP contribution in [0.4, 0.5) is 23.0 Å². The first-order valence-electron chi connectivity index (χ1n) is 17.1. The standard InChI is InChI=1S/C21H20N6O.C19H18N6/c1-14(16-6-4-3-5-7-16)24-20-11-22-12-21(26-20)27-13-23-18-10-17(25-15(2)28)8-9-19(18)27;1-13(14-5-3-2-4-6-14)23-18-10-21-11-19(24-18)25-12-22-16-9-15(20)7-8-17(16)25/h3-14H,1-2H3,(H,24,26)(H,25,28);2-13H,20H2,1H3,(H,23,24)/t14-;13-/m00/s1. The molecule has 0 aliphatic heterocycles. The number of nitrogen functional groups attached to an aromatic ring is 1. The number of anilines is 4. The first-order valence-corrected chi connectivity index (χ1v) is 17.1. The molecular weight excluding hydrogens is 665 g/mol. The van der Waals surface area contributed by atoms with Gasteiger partial charge in [-0.05, 0) is 61.4 Å². The van der Waals surface area contributed by atoms with Crippen LogP contribution in [0, 0.1) is 0 Å². The lowest BCUT2D eigenvalue weighted by atomic mass is 10.1. The molecule has 8 aromatic rings. The molecule has 0 aliphatic rings. The Labute approximate surface area is 306 Å². The van der Waals surface area contributed by atoms with E-state index < -0.39 is 0 Å². The molecule has 0 saturated carbocycles. The summed E-state index contributed by atoms with van der Waals surface area (Å²) in [6.45, 7) is 5.66. The molecule has 4 heterocycles. The van der Waals surface area contributed by atoms with Gasteiger partial charge in [-0.25, -0.2) is 19.9 Å². The molecule has 5 N–H and O–H groups in total. The fraction of sp³-hybridized carbons (Fsp3) is 0.125. The molecule has 1 amide bonds. The van der Waals surface area contributed by atoms with Crippen LogP contribution in [0.3, 0.4) is 0 Å². The summed E-state index contributed by atoms with van der Waals surface area (Å²) in [6.07, 6.45) is 10.3. The summed E-state index contributed by atoms with van der Waals surface area (Å²) in [4.78, 5) is 38.0. The second-order valence-corrected chi connectivity index (χ2v) is 12.4. The van der Waals surface area contributed by atoms with E-state index in [2.05, 4.69) is 84.0 Å². The third-order valence-corrected chi connectivity index (χ3v) is 8.50. The summed E-state index contributed by atoms with van der Waals surface area (Å²) in [5, 5.41) is 9.54. The summed E-state index contributed by atoms with van der Waals surface area (Å²) in [7, 11) is 0. The summed E-state index contributed by atoms with van der Waals surface area (Å²) < 4.78 is 3.78. The van der Waals surface area contributed by atoms with E-state index in [1.54, 1.807) is 37.4 Å². The highest BCUT2D eigenvalue weighted by atomic mass is 16.1. The van der Waals surface area contributed by atoms with Crippen molar-refractivity contribution in [3.8, 4) is 11.6 Å². The van der Waals surface area contributed by atoms with Crippen molar-refractivity contribution in [1.29, 1.82) is 0 Å². The predicted molar refractivity (Wildman–Crippen MR) is 209 cm³/mol. The fourth-order valence-electron chi connectivity index (χ4n) is 5.86. The van der Waals surface area contributed by atoms with Crippen molar-refractivity contribution in [2.45, 2.75) is 32.9 Å². The highest BCUT2D eigenvalue weighted by Crippen LogP contribution is 2.24. The largest absolute Gasteiger partial charge is 0.399 e. The molecular formula is C40H38N12O. The van der Waals surface area contributed by atoms with Gasteiger partial charge in [-0.3, -0.25) is 23.9 Å². The van der Waals surface area contributed by atoms with E-state index in [9.17, 15) is 4.79 Å². The zero-order chi connectivity index (χ0) is 36.7. The Morgan fingerprint density at radius 3 is 1.64 bits per heavy atom. The minimum Gasteiger partial charge on any atom is -0.399 e. The van der Waals surface area contributed by atoms with Gasteiger partial charge in [-0.15, -0.1) is 0 Å². The summed E-state index contributed by atoms with van der Waals surface area (Å²) in [5.74, 6) is 2.66. The van der Waals surface area contributed by atoms with Crippen molar-refractivity contribution in [2.75, 3.05) is 21.7 Å². The number of fused-ring (bicyclic) bond motifs is 2. The number of amides is 1. The normalized spacial score (nSPS) is 12.1. The lowest BCUT2D eigenvalue weighted by molar-refractivity contribution is -0.114. The quantitative estimate of drug-likeness (QED) is 0.111. The molecule has 4 aromatic carbocycles. The molecule has 0 radical (unpaired) electrons. The molecule has 0 aliphatic carbocycles. The number of benzene rings is 4. The number of nitrogens with one attached hydrogen (secondary N) is 3. The van der Waals surface area contributed by atoms with E-state index in [-0.39, 0.29) is 18.0 Å². The van der Waals surface area contributed by atoms with Crippen LogP contribution in [0.15, 0.2) is 135 Å². The molecule has 13 nitrogen and oxygen atoms in total. The average molecular weight is 703 g/mol. The molecule has 264 valence electrons. The van der Waals surface area contributed by atoms with E-state index in [0.29, 0.717) is 34.6 Å². The molecule has 0 bridgehead atoms. The van der Waals surface area contributed by atoms with Crippen LogP contribution in [-0.2, 0) is 4.79 Å². The molecule has 0 unspecified atom stereocenters. The number of nitrogens with two attached hydrogens (primary N) is 1. The van der Waals surface area contributed by atoms with Crippen LogP contribution >= 0.6 is 0 Å². The lowest BCUT2D eigenvalue weighted by Gasteiger charge is -2.15. The number of nitrogens with zero attached hydrogens (tertiary/aromatic N) is 8. The number of carbonyl (C=O) groups excluding carboxylic acids is 1. The van der Waals surface area contributed by atoms with Crippen LogP contribution < -0.4 is 21.7 Å². The number of rotatable bonds is 9. The highest BCUT2D eigenvalue weighted by molar-refractivity contribution is 5.91. The predicted octanol–water partition coefficient (Wildman–Crippen LogP) is 7.52. The minimum absolute atomic E-state index is 0.102. The van der Waals surface area contributed by atoms with Crippen molar-refractivity contribution >= 4 is 51.0 Å². The Kier molecular flexibility index (Phi) is 9.96. The average Bonchev–Trinajstić information content (AvgIpc) is 3.80. The molecule has 0 fully saturated rings. The summed E-state index contributed by atoms with van der Waals surface area (Å²) in [5.41, 5.74) is 13.0. The highest BCUT2D eigenvalue weighted by Gasteiger charge is 2.12. The van der Waals surface area contributed by atoms with Crippen LogP contribution in [0.2, 0.25) is 0 Å². The van der Waals surface area contributed by atoms with Gasteiger partial charge < -0.3 is 21.7 Å². The Morgan fingerprint density at radius 1 is 0.642 bits per heavy atom. The van der Waals surface area contributed by atoms with Crippen LogP contribution in [-0.4, -0.2) is 44.9 Å². The SMILES string of the molecule is CC(=O)Nc1ccc2c(c1)ncn2-c1cncc(N[C@@H](C)c2ccccc2)n1.C[C@H](Nc1cncc(-n2cnc3cc(N)ccc32)n1)c1ccccc1. The second kappa shape index (κ2) is 15.4. The first-order chi connectivity index (χ1) is 25.8. The third kappa shape index (κ3) is 8.10. The van der Waals surface area contributed by atoms with Gasteiger partial charge in [-0.2, -0.15) is 0 Å². The van der Waals surface area contributed by atoms with Crippen LogP contribution in [0.5, 0.6) is 0 Å². The van der Waals surface area contributed by atoms with Gasteiger partial charge in [-0.1, -0.05) is 60.7 Å². The van der Waals surface area contributed by atoms with Gasteiger partial charge in [0.1, 0.15) is 24.3 Å². The topological polar surface area (TPSA) is 166 Å². The van der Waals surface area contributed by atoms with Gasteiger partial charge >= 0.3 is 0 Å². The van der Waals surface area contributed by atoms with Gasteiger partial charge in [0.2, 0.25) is 5.91 Å². The molecule has 8 rings (SSSR count). The molecule has 53 heavy (non-hydrogen) atoms. The second-order valence-electron chi connectivity index (χ2n) is 12.4. The summed E-state index contributed by atoms with van der Waals surface area (Å²) in [6, 6.07) is 31.9. The Hall–Kier alpha value is -7.15. The molecule has 0 spiro atoms. The number of carbonyl (C=O) groups is 1. The number of aromatic nitrogens is 8. The van der Waals surface area contributed by atoms with E-state index in [1.165, 1.54) is 18.1 Å². The van der Waals surface area contributed by atoms with Crippen molar-refractivity contribution in [3.05, 3.63) is 146 Å². The van der Waals surface area contributed by atoms with Gasteiger partial charge in [0, 0.05) is 30.4 Å². The molecule has 13 heteroatoms. The van der Waals surface area contributed by atoms with E-state index >= 15 is 0 Å². The Bertz CT molecular complexity index is 2480. The van der Waals surface area contributed by atoms with E-state index in [0.717, 1.165) is 22.1 Å². The van der Waals surface area contributed by atoms with Gasteiger partial charge in [0.15, 0.2) is 11.6 Å².